The molecule has 0 amide bonds. The predicted molar refractivity (Wildman–Crippen MR) is 85.3 cm³/mol. The van der Waals surface area contributed by atoms with Crippen LogP contribution in [0, 0.1) is 0 Å². The van der Waals surface area contributed by atoms with E-state index in [1.54, 1.807) is 7.11 Å². The van der Waals surface area contributed by atoms with Crippen molar-refractivity contribution in [2.75, 3.05) is 13.7 Å². The van der Waals surface area contributed by atoms with Gasteiger partial charge in [-0.15, -0.1) is 11.8 Å². The van der Waals surface area contributed by atoms with E-state index in [-0.39, 0.29) is 4.75 Å². The molecule has 0 aliphatic rings. The molecular formula is C16H27NOS. The van der Waals surface area contributed by atoms with Gasteiger partial charge in [0.25, 0.3) is 0 Å². The molecular weight excluding hydrogens is 254 g/mol. The molecule has 0 saturated carbocycles. The van der Waals surface area contributed by atoms with Gasteiger partial charge in [-0.05, 0) is 32.0 Å². The molecule has 1 unspecified atom stereocenters. The zero-order chi connectivity index (χ0) is 14.5. The molecule has 1 rings (SSSR count). The standard InChI is InChI=1S/C16H27NOS/c1-7-11-17-12(2)15-13(18-6)9-8-10-14(15)19-16(3,4)5/h8-10,12,17H,7,11H2,1-6H3. The molecule has 1 aromatic rings. The second kappa shape index (κ2) is 7.20. The van der Waals surface area contributed by atoms with Crippen LogP contribution in [0.1, 0.15) is 52.6 Å². The van der Waals surface area contributed by atoms with Gasteiger partial charge in [-0.2, -0.15) is 0 Å². The van der Waals surface area contributed by atoms with E-state index in [1.807, 2.05) is 17.8 Å². The molecule has 1 atom stereocenters. The Morgan fingerprint density at radius 3 is 2.53 bits per heavy atom. The summed E-state index contributed by atoms with van der Waals surface area (Å²) >= 11 is 1.90. The Balaban J connectivity index is 3.09. The largest absolute Gasteiger partial charge is 0.496 e. The third-order valence-corrected chi connectivity index (χ3v) is 3.98. The molecule has 0 spiro atoms. The summed E-state index contributed by atoms with van der Waals surface area (Å²) in [6, 6.07) is 6.62. The number of rotatable bonds is 6. The summed E-state index contributed by atoms with van der Waals surface area (Å²) in [5.41, 5.74) is 1.28. The molecule has 0 aliphatic heterocycles. The van der Waals surface area contributed by atoms with Crippen LogP contribution in [-0.4, -0.2) is 18.4 Å². The smallest absolute Gasteiger partial charge is 0.124 e. The van der Waals surface area contributed by atoms with Crippen LogP contribution in [0.5, 0.6) is 5.75 Å². The average molecular weight is 281 g/mol. The number of thioether (sulfide) groups is 1. The van der Waals surface area contributed by atoms with Crippen molar-refractivity contribution in [3.63, 3.8) is 0 Å². The summed E-state index contributed by atoms with van der Waals surface area (Å²) in [4.78, 5) is 1.31. The van der Waals surface area contributed by atoms with Gasteiger partial charge in [-0.1, -0.05) is 33.8 Å². The topological polar surface area (TPSA) is 21.3 Å². The summed E-state index contributed by atoms with van der Waals surface area (Å²) in [6.45, 7) is 12.1. The number of nitrogens with one attached hydrogen (secondary N) is 1. The van der Waals surface area contributed by atoms with Crippen molar-refractivity contribution in [3.05, 3.63) is 23.8 Å². The SMILES string of the molecule is CCCNC(C)c1c(OC)cccc1SC(C)(C)C. The molecule has 2 nitrogen and oxygen atoms in total. The fourth-order valence-corrected chi connectivity index (χ4v) is 3.20. The van der Waals surface area contributed by atoms with Crippen molar-refractivity contribution in [3.8, 4) is 5.75 Å². The first-order valence-corrected chi connectivity index (χ1v) is 7.80. The minimum Gasteiger partial charge on any atom is -0.496 e. The Hall–Kier alpha value is -0.670. The third kappa shape index (κ3) is 5.07. The summed E-state index contributed by atoms with van der Waals surface area (Å²) in [6.07, 6.45) is 1.14. The highest BCUT2D eigenvalue weighted by Crippen LogP contribution is 2.40. The summed E-state index contributed by atoms with van der Waals surface area (Å²) < 4.78 is 5.75. The molecule has 108 valence electrons. The van der Waals surface area contributed by atoms with E-state index in [4.69, 9.17) is 4.74 Å². The second-order valence-corrected chi connectivity index (χ2v) is 7.63. The quantitative estimate of drug-likeness (QED) is 0.767. The fourth-order valence-electron chi connectivity index (χ4n) is 2.01. The van der Waals surface area contributed by atoms with Crippen LogP contribution in [0.15, 0.2) is 23.1 Å². The van der Waals surface area contributed by atoms with Crippen molar-refractivity contribution in [2.45, 2.75) is 56.7 Å². The van der Waals surface area contributed by atoms with Gasteiger partial charge in [-0.25, -0.2) is 0 Å². The lowest BCUT2D eigenvalue weighted by molar-refractivity contribution is 0.399. The van der Waals surface area contributed by atoms with Crippen LogP contribution in [0.3, 0.4) is 0 Å². The highest BCUT2D eigenvalue weighted by molar-refractivity contribution is 8.00. The monoisotopic (exact) mass is 281 g/mol. The minimum absolute atomic E-state index is 0.200. The van der Waals surface area contributed by atoms with Crippen LogP contribution < -0.4 is 10.1 Å². The van der Waals surface area contributed by atoms with E-state index < -0.39 is 0 Å². The predicted octanol–water partition coefficient (Wildman–Crippen LogP) is 4.65. The minimum atomic E-state index is 0.200. The van der Waals surface area contributed by atoms with Gasteiger partial charge >= 0.3 is 0 Å². The number of methoxy groups -OCH3 is 1. The Labute approximate surface area is 122 Å². The zero-order valence-electron chi connectivity index (χ0n) is 13.0. The molecule has 1 N–H and O–H groups in total. The molecule has 0 heterocycles. The summed E-state index contributed by atoms with van der Waals surface area (Å²) in [7, 11) is 1.75. The van der Waals surface area contributed by atoms with Gasteiger partial charge in [-0.3, -0.25) is 0 Å². The van der Waals surface area contributed by atoms with Crippen molar-refractivity contribution in [2.24, 2.45) is 0 Å². The highest BCUT2D eigenvalue weighted by Gasteiger charge is 2.20. The Bertz CT molecular complexity index is 398. The molecule has 0 fully saturated rings. The Morgan fingerprint density at radius 2 is 2.00 bits per heavy atom. The molecule has 0 radical (unpaired) electrons. The normalized spacial score (nSPS) is 13.4. The van der Waals surface area contributed by atoms with Gasteiger partial charge in [0.15, 0.2) is 0 Å². The van der Waals surface area contributed by atoms with E-state index in [1.165, 1.54) is 10.5 Å². The zero-order valence-corrected chi connectivity index (χ0v) is 13.9. The molecule has 0 aliphatic carbocycles. The first-order valence-electron chi connectivity index (χ1n) is 6.98. The van der Waals surface area contributed by atoms with Crippen molar-refractivity contribution in [1.29, 1.82) is 0 Å². The Kier molecular flexibility index (Phi) is 6.21. The lowest BCUT2D eigenvalue weighted by atomic mass is 10.1. The van der Waals surface area contributed by atoms with E-state index in [9.17, 15) is 0 Å². The van der Waals surface area contributed by atoms with E-state index in [2.05, 4.69) is 52.1 Å². The lowest BCUT2D eigenvalue weighted by Crippen LogP contribution is -2.21. The van der Waals surface area contributed by atoms with Gasteiger partial charge in [0.2, 0.25) is 0 Å². The van der Waals surface area contributed by atoms with E-state index in [0.717, 1.165) is 18.7 Å². The van der Waals surface area contributed by atoms with Gasteiger partial charge in [0.1, 0.15) is 5.75 Å². The lowest BCUT2D eigenvalue weighted by Gasteiger charge is -2.24. The highest BCUT2D eigenvalue weighted by atomic mass is 32.2. The van der Waals surface area contributed by atoms with Gasteiger partial charge in [0.05, 0.1) is 7.11 Å². The number of benzene rings is 1. The summed E-state index contributed by atoms with van der Waals surface area (Å²) in [5, 5.41) is 3.56. The van der Waals surface area contributed by atoms with Crippen molar-refractivity contribution in [1.82, 2.24) is 5.32 Å². The van der Waals surface area contributed by atoms with Crippen molar-refractivity contribution >= 4 is 11.8 Å². The molecule has 0 bridgehead atoms. The maximum Gasteiger partial charge on any atom is 0.124 e. The van der Waals surface area contributed by atoms with Crippen LogP contribution in [0.25, 0.3) is 0 Å². The number of hydrogen-bond donors (Lipinski definition) is 1. The second-order valence-electron chi connectivity index (χ2n) is 5.76. The molecule has 0 aromatic heterocycles. The molecule has 0 saturated heterocycles. The van der Waals surface area contributed by atoms with E-state index >= 15 is 0 Å². The van der Waals surface area contributed by atoms with Crippen molar-refractivity contribution < 1.29 is 4.74 Å². The maximum absolute atomic E-state index is 5.55. The molecule has 1 aromatic carbocycles. The van der Waals surface area contributed by atoms with Gasteiger partial charge in [0, 0.05) is 21.2 Å². The Morgan fingerprint density at radius 1 is 1.32 bits per heavy atom. The third-order valence-electron chi connectivity index (χ3n) is 2.80. The average Bonchev–Trinajstić information content (AvgIpc) is 2.33. The van der Waals surface area contributed by atoms with Crippen LogP contribution in [0.2, 0.25) is 0 Å². The van der Waals surface area contributed by atoms with Crippen LogP contribution in [-0.2, 0) is 0 Å². The molecule has 19 heavy (non-hydrogen) atoms. The van der Waals surface area contributed by atoms with Crippen LogP contribution in [0.4, 0.5) is 0 Å². The maximum atomic E-state index is 5.55. The van der Waals surface area contributed by atoms with Gasteiger partial charge < -0.3 is 10.1 Å². The van der Waals surface area contributed by atoms with E-state index in [0.29, 0.717) is 6.04 Å². The number of hydrogen-bond acceptors (Lipinski definition) is 3. The number of ether oxygens (including phenoxy) is 1. The summed E-state index contributed by atoms with van der Waals surface area (Å²) in [5.74, 6) is 0.977. The first-order chi connectivity index (χ1) is 8.89. The van der Waals surface area contributed by atoms with Crippen LogP contribution >= 0.6 is 11.8 Å². The first kappa shape index (κ1) is 16.4. The fraction of sp³-hybridized carbons (Fsp3) is 0.625. The molecule has 3 heteroatoms.